The lowest BCUT2D eigenvalue weighted by molar-refractivity contribution is 0.0870. The van der Waals surface area contributed by atoms with Gasteiger partial charge in [0.1, 0.15) is 0 Å². The van der Waals surface area contributed by atoms with Crippen LogP contribution >= 0.6 is 11.3 Å². The van der Waals surface area contributed by atoms with Crippen LogP contribution in [0.1, 0.15) is 62.2 Å². The van der Waals surface area contributed by atoms with Gasteiger partial charge in [0.15, 0.2) is 5.78 Å². The normalized spacial score (nSPS) is 24.8. The average Bonchev–Trinajstić information content (AvgIpc) is 2.90. The highest BCUT2D eigenvalue weighted by Gasteiger charge is 2.26. The van der Waals surface area contributed by atoms with E-state index in [2.05, 4.69) is 6.92 Å². The van der Waals surface area contributed by atoms with Gasteiger partial charge < -0.3 is 0 Å². The lowest BCUT2D eigenvalue weighted by atomic mass is 9.77. The van der Waals surface area contributed by atoms with E-state index in [1.165, 1.54) is 32.1 Å². The van der Waals surface area contributed by atoms with Crippen LogP contribution in [0.15, 0.2) is 16.8 Å². The molecule has 0 atom stereocenters. The van der Waals surface area contributed by atoms with Crippen molar-refractivity contribution in [1.29, 1.82) is 0 Å². The van der Waals surface area contributed by atoms with E-state index in [9.17, 15) is 4.79 Å². The number of carbonyl (C=O) groups is 1. The Labute approximate surface area is 108 Å². The fourth-order valence-electron chi connectivity index (χ4n) is 2.85. The number of thiophene rings is 1. The Morgan fingerprint density at radius 2 is 2.12 bits per heavy atom. The molecule has 0 aromatic carbocycles. The van der Waals surface area contributed by atoms with Gasteiger partial charge in [-0.3, -0.25) is 4.79 Å². The van der Waals surface area contributed by atoms with E-state index < -0.39 is 0 Å². The second-order valence-electron chi connectivity index (χ2n) is 5.24. The van der Waals surface area contributed by atoms with Gasteiger partial charge in [0.25, 0.3) is 0 Å². The summed E-state index contributed by atoms with van der Waals surface area (Å²) in [5, 5.41) is 3.99. The molecule has 0 radical (unpaired) electrons. The van der Waals surface area contributed by atoms with Crippen molar-refractivity contribution in [3.63, 3.8) is 0 Å². The van der Waals surface area contributed by atoms with E-state index in [1.54, 1.807) is 11.3 Å². The number of ketones is 1. The first kappa shape index (κ1) is 12.8. The summed E-state index contributed by atoms with van der Waals surface area (Å²) in [4.78, 5) is 12.2. The maximum absolute atomic E-state index is 12.2. The molecule has 2 heteroatoms. The van der Waals surface area contributed by atoms with Crippen molar-refractivity contribution < 1.29 is 4.79 Å². The fraction of sp³-hybridized carbons (Fsp3) is 0.667. The Balaban J connectivity index is 1.81. The van der Waals surface area contributed by atoms with Crippen molar-refractivity contribution in [2.24, 2.45) is 11.8 Å². The van der Waals surface area contributed by atoms with Crippen LogP contribution in [0, 0.1) is 11.8 Å². The molecular weight excluding hydrogens is 228 g/mol. The highest BCUT2D eigenvalue weighted by molar-refractivity contribution is 7.08. The third-order valence-corrected chi connectivity index (χ3v) is 4.67. The van der Waals surface area contributed by atoms with Crippen molar-refractivity contribution in [3.8, 4) is 0 Å². The Morgan fingerprint density at radius 1 is 1.35 bits per heavy atom. The first-order valence-corrected chi connectivity index (χ1v) is 7.82. The van der Waals surface area contributed by atoms with Gasteiger partial charge in [0.2, 0.25) is 0 Å². The largest absolute Gasteiger partial charge is 0.294 e. The number of hydrogen-bond acceptors (Lipinski definition) is 2. The highest BCUT2D eigenvalue weighted by atomic mass is 32.1. The molecule has 1 aliphatic carbocycles. The Morgan fingerprint density at radius 3 is 2.71 bits per heavy atom. The van der Waals surface area contributed by atoms with Gasteiger partial charge in [0, 0.05) is 16.9 Å². The monoisotopic (exact) mass is 250 g/mol. The molecule has 0 aliphatic heterocycles. The van der Waals surface area contributed by atoms with Crippen LogP contribution in [0.4, 0.5) is 0 Å². The first-order valence-electron chi connectivity index (χ1n) is 6.87. The summed E-state index contributed by atoms with van der Waals surface area (Å²) >= 11 is 1.62. The Kier molecular flexibility index (Phi) is 4.78. The van der Waals surface area contributed by atoms with Crippen molar-refractivity contribution >= 4 is 17.1 Å². The minimum absolute atomic E-state index is 0.308. The molecule has 1 aliphatic rings. The zero-order valence-corrected chi connectivity index (χ0v) is 11.5. The van der Waals surface area contributed by atoms with Crippen molar-refractivity contribution in [2.75, 3.05) is 0 Å². The van der Waals surface area contributed by atoms with Gasteiger partial charge in [-0.15, -0.1) is 0 Å². The van der Waals surface area contributed by atoms with Crippen LogP contribution in [-0.2, 0) is 0 Å². The Hall–Kier alpha value is -0.630. The molecule has 0 spiro atoms. The first-order chi connectivity index (χ1) is 8.31. The van der Waals surface area contributed by atoms with E-state index >= 15 is 0 Å². The molecule has 1 fully saturated rings. The molecule has 2 rings (SSSR count). The molecule has 94 valence electrons. The summed E-state index contributed by atoms with van der Waals surface area (Å²) in [6.07, 6.45) is 8.78. The van der Waals surface area contributed by atoms with Crippen LogP contribution < -0.4 is 0 Å². The number of rotatable bonds is 5. The Bertz CT molecular complexity index is 334. The van der Waals surface area contributed by atoms with Gasteiger partial charge >= 0.3 is 0 Å². The maximum atomic E-state index is 12.2. The van der Waals surface area contributed by atoms with Crippen LogP contribution in [0.2, 0.25) is 0 Å². The molecule has 0 amide bonds. The quantitative estimate of drug-likeness (QED) is 0.677. The molecule has 1 nitrogen and oxygen atoms in total. The number of unbranched alkanes of at least 4 members (excludes halogenated alkanes) is 1. The molecule has 1 aromatic heterocycles. The maximum Gasteiger partial charge on any atom is 0.166 e. The number of Topliss-reactive ketones (excluding diaryl/α,β-unsaturated/α-hetero) is 1. The molecule has 0 bridgehead atoms. The average molecular weight is 250 g/mol. The van der Waals surface area contributed by atoms with Gasteiger partial charge in [-0.2, -0.15) is 11.3 Å². The smallest absolute Gasteiger partial charge is 0.166 e. The molecule has 17 heavy (non-hydrogen) atoms. The van der Waals surface area contributed by atoms with Gasteiger partial charge in [-0.05, 0) is 43.0 Å². The predicted molar refractivity (Wildman–Crippen MR) is 73.6 cm³/mol. The lowest BCUT2D eigenvalue weighted by Gasteiger charge is -2.27. The molecule has 0 N–H and O–H groups in total. The van der Waals surface area contributed by atoms with Crippen LogP contribution in [0.25, 0.3) is 0 Å². The van der Waals surface area contributed by atoms with E-state index in [-0.39, 0.29) is 0 Å². The van der Waals surface area contributed by atoms with Crippen molar-refractivity contribution in [2.45, 2.75) is 51.9 Å². The zero-order chi connectivity index (χ0) is 12.1. The lowest BCUT2D eigenvalue weighted by Crippen LogP contribution is -2.21. The summed E-state index contributed by atoms with van der Waals surface area (Å²) < 4.78 is 0. The predicted octanol–water partition coefficient (Wildman–Crippen LogP) is 4.93. The standard InChI is InChI=1S/C15H22OS/c1-2-3-4-12-5-7-13(8-6-12)15(16)14-9-10-17-11-14/h9-13H,2-8H2,1H3. The van der Waals surface area contributed by atoms with Crippen molar-refractivity contribution in [3.05, 3.63) is 22.4 Å². The van der Waals surface area contributed by atoms with Crippen LogP contribution in [0.3, 0.4) is 0 Å². The van der Waals surface area contributed by atoms with Crippen LogP contribution in [-0.4, -0.2) is 5.78 Å². The van der Waals surface area contributed by atoms with E-state index in [4.69, 9.17) is 0 Å². The SMILES string of the molecule is CCCCC1CCC(C(=O)c2ccsc2)CC1. The summed E-state index contributed by atoms with van der Waals surface area (Å²) in [5.74, 6) is 1.59. The molecule has 0 unspecified atom stereocenters. The number of carbonyl (C=O) groups excluding carboxylic acids is 1. The van der Waals surface area contributed by atoms with Gasteiger partial charge in [-0.25, -0.2) is 0 Å². The minimum Gasteiger partial charge on any atom is -0.294 e. The van der Waals surface area contributed by atoms with Gasteiger partial charge in [-0.1, -0.05) is 26.2 Å². The summed E-state index contributed by atoms with van der Waals surface area (Å²) in [5.41, 5.74) is 0.937. The van der Waals surface area contributed by atoms with Crippen LogP contribution in [0.5, 0.6) is 0 Å². The molecule has 1 heterocycles. The fourth-order valence-corrected chi connectivity index (χ4v) is 3.49. The molecule has 0 saturated heterocycles. The van der Waals surface area contributed by atoms with E-state index in [0.717, 1.165) is 24.3 Å². The molecule has 1 aromatic rings. The molecule has 1 saturated carbocycles. The van der Waals surface area contributed by atoms with Gasteiger partial charge in [0.05, 0.1) is 0 Å². The number of hydrogen-bond donors (Lipinski definition) is 0. The summed E-state index contributed by atoms with van der Waals surface area (Å²) in [6, 6.07) is 1.97. The zero-order valence-electron chi connectivity index (χ0n) is 10.7. The van der Waals surface area contributed by atoms with E-state index in [1.807, 2.05) is 16.8 Å². The summed E-state index contributed by atoms with van der Waals surface area (Å²) in [7, 11) is 0. The molecular formula is C15H22OS. The third-order valence-electron chi connectivity index (χ3n) is 3.99. The second-order valence-corrected chi connectivity index (χ2v) is 6.02. The third kappa shape index (κ3) is 3.41. The minimum atomic E-state index is 0.308. The van der Waals surface area contributed by atoms with E-state index in [0.29, 0.717) is 11.7 Å². The second kappa shape index (κ2) is 6.34. The van der Waals surface area contributed by atoms with Crippen molar-refractivity contribution in [1.82, 2.24) is 0 Å². The topological polar surface area (TPSA) is 17.1 Å². The highest BCUT2D eigenvalue weighted by Crippen LogP contribution is 2.33. The summed E-state index contributed by atoms with van der Waals surface area (Å²) in [6.45, 7) is 2.26.